The molecular weight excluding hydrogens is 365 g/mol. The predicted octanol–water partition coefficient (Wildman–Crippen LogP) is 2.72. The van der Waals surface area contributed by atoms with E-state index in [9.17, 15) is 14.0 Å². The molecule has 9 heteroatoms. The summed E-state index contributed by atoms with van der Waals surface area (Å²) in [6.45, 7) is 2.35. The molecule has 2 fully saturated rings. The molecule has 0 spiro atoms. The Labute approximate surface area is 152 Å². The van der Waals surface area contributed by atoms with Gasteiger partial charge in [0.25, 0.3) is 0 Å². The Morgan fingerprint density at radius 3 is 2.69 bits per heavy atom. The zero-order valence-corrected chi connectivity index (χ0v) is 14.7. The van der Waals surface area contributed by atoms with Crippen molar-refractivity contribution < 1.29 is 19.0 Å². The molecule has 2 aromatic rings. The quantitative estimate of drug-likeness (QED) is 0.793. The summed E-state index contributed by atoms with van der Waals surface area (Å²) in [5.41, 5.74) is 5.80. The average molecular weight is 382 g/mol. The van der Waals surface area contributed by atoms with Crippen LogP contribution in [0.4, 0.5) is 14.9 Å². The lowest BCUT2D eigenvalue weighted by Crippen LogP contribution is -2.63. The Morgan fingerprint density at radius 1 is 1.46 bits per heavy atom. The van der Waals surface area contributed by atoms with Gasteiger partial charge in [-0.25, -0.2) is 9.18 Å². The fourth-order valence-corrected chi connectivity index (χ4v) is 3.81. The Balaban J connectivity index is 1.98. The molecule has 3 N–H and O–H groups in total. The first-order valence-electron chi connectivity index (χ1n) is 8.29. The van der Waals surface area contributed by atoms with Crippen molar-refractivity contribution in [2.45, 2.75) is 37.9 Å². The monoisotopic (exact) mass is 381 g/mol. The Morgan fingerprint density at radius 2 is 2.15 bits per heavy atom. The van der Waals surface area contributed by atoms with Gasteiger partial charge in [-0.2, -0.15) is 0 Å². The number of anilines is 1. The Hall–Kier alpha value is -2.32. The number of carbonyl (C=O) groups is 1. The SMILES string of the molecule is C[C@@H]1[C@@H](N)CN1c1c(F)cc2c(=O)c(OC(=O)O)cn(C3CC3)c2c1Cl. The van der Waals surface area contributed by atoms with Crippen LogP contribution >= 0.6 is 11.6 Å². The maximum Gasteiger partial charge on any atom is 0.511 e. The second-order valence-corrected chi connectivity index (χ2v) is 7.18. The van der Waals surface area contributed by atoms with Crippen molar-refractivity contribution in [1.29, 1.82) is 0 Å². The maximum atomic E-state index is 14.8. The number of hydrogen-bond donors (Lipinski definition) is 2. The zero-order valence-electron chi connectivity index (χ0n) is 13.9. The van der Waals surface area contributed by atoms with Gasteiger partial charge in [-0.05, 0) is 25.8 Å². The first-order chi connectivity index (χ1) is 12.3. The molecule has 2 heterocycles. The van der Waals surface area contributed by atoms with E-state index in [0.717, 1.165) is 18.9 Å². The molecule has 4 rings (SSSR count). The fourth-order valence-electron chi connectivity index (χ4n) is 3.41. The first kappa shape index (κ1) is 17.1. The predicted molar refractivity (Wildman–Crippen MR) is 94.9 cm³/mol. The molecule has 2 atom stereocenters. The number of rotatable bonds is 3. The topological polar surface area (TPSA) is 97.8 Å². The van der Waals surface area contributed by atoms with Gasteiger partial charge in [-0.1, -0.05) is 11.6 Å². The molecule has 7 nitrogen and oxygen atoms in total. The smallest absolute Gasteiger partial charge is 0.449 e. The van der Waals surface area contributed by atoms with Crippen molar-refractivity contribution in [3.8, 4) is 5.75 Å². The maximum absolute atomic E-state index is 14.8. The highest BCUT2D eigenvalue weighted by Crippen LogP contribution is 2.44. The lowest BCUT2D eigenvalue weighted by molar-refractivity contribution is 0.143. The van der Waals surface area contributed by atoms with E-state index in [2.05, 4.69) is 4.74 Å². The van der Waals surface area contributed by atoms with E-state index < -0.39 is 17.4 Å². The minimum Gasteiger partial charge on any atom is -0.449 e. The number of benzene rings is 1. The largest absolute Gasteiger partial charge is 0.511 e. The third-order valence-corrected chi connectivity index (χ3v) is 5.45. The van der Waals surface area contributed by atoms with Crippen LogP contribution in [-0.2, 0) is 0 Å². The molecule has 1 aromatic heterocycles. The molecule has 1 aliphatic heterocycles. The van der Waals surface area contributed by atoms with Gasteiger partial charge in [-0.15, -0.1) is 0 Å². The molecule has 0 unspecified atom stereocenters. The highest BCUT2D eigenvalue weighted by atomic mass is 35.5. The molecule has 1 aromatic carbocycles. The van der Waals surface area contributed by atoms with Crippen LogP contribution in [0.1, 0.15) is 25.8 Å². The molecule has 1 aliphatic carbocycles. The molecule has 138 valence electrons. The van der Waals surface area contributed by atoms with Crippen molar-refractivity contribution in [2.75, 3.05) is 11.4 Å². The molecule has 1 saturated carbocycles. The summed E-state index contributed by atoms with van der Waals surface area (Å²) in [6, 6.07) is 1.03. The van der Waals surface area contributed by atoms with E-state index in [1.807, 2.05) is 6.92 Å². The van der Waals surface area contributed by atoms with Gasteiger partial charge in [0.2, 0.25) is 5.43 Å². The minimum absolute atomic E-state index is 0.000579. The summed E-state index contributed by atoms with van der Waals surface area (Å²) in [7, 11) is 0. The number of ether oxygens (including phenoxy) is 1. The number of pyridine rings is 1. The molecule has 2 aliphatic rings. The lowest BCUT2D eigenvalue weighted by atomic mass is 9.97. The van der Waals surface area contributed by atoms with Crippen LogP contribution in [0.15, 0.2) is 17.1 Å². The van der Waals surface area contributed by atoms with Crippen LogP contribution in [-0.4, -0.2) is 34.5 Å². The molecular formula is C17H17ClFN3O4. The number of carboxylic acid groups (broad SMARTS) is 1. The third kappa shape index (κ3) is 2.52. The van der Waals surface area contributed by atoms with Crippen LogP contribution in [0.3, 0.4) is 0 Å². The normalized spacial score (nSPS) is 22.4. The van der Waals surface area contributed by atoms with E-state index in [4.69, 9.17) is 22.4 Å². The number of fused-ring (bicyclic) bond motifs is 1. The first-order valence-corrected chi connectivity index (χ1v) is 8.67. The van der Waals surface area contributed by atoms with E-state index in [0.29, 0.717) is 12.1 Å². The van der Waals surface area contributed by atoms with E-state index in [1.165, 1.54) is 6.20 Å². The van der Waals surface area contributed by atoms with Crippen molar-refractivity contribution in [2.24, 2.45) is 5.73 Å². The second-order valence-electron chi connectivity index (χ2n) is 6.80. The summed E-state index contributed by atoms with van der Waals surface area (Å²) < 4.78 is 21.1. The van der Waals surface area contributed by atoms with E-state index >= 15 is 0 Å². The van der Waals surface area contributed by atoms with E-state index in [-0.39, 0.29) is 40.0 Å². The van der Waals surface area contributed by atoms with E-state index in [1.54, 1.807) is 9.47 Å². The van der Waals surface area contributed by atoms with Gasteiger partial charge in [-0.3, -0.25) is 4.79 Å². The number of nitrogens with two attached hydrogens (primary N) is 1. The number of aromatic nitrogens is 1. The van der Waals surface area contributed by atoms with Crippen molar-refractivity contribution in [3.05, 3.63) is 33.3 Å². The summed E-state index contributed by atoms with van der Waals surface area (Å²) in [6.07, 6.45) is 1.46. The molecule has 1 saturated heterocycles. The van der Waals surface area contributed by atoms with Crippen LogP contribution in [0.2, 0.25) is 5.02 Å². The van der Waals surface area contributed by atoms with Crippen LogP contribution in [0.5, 0.6) is 5.75 Å². The number of halogens is 2. The van der Waals surface area contributed by atoms with Crippen molar-refractivity contribution in [3.63, 3.8) is 0 Å². The minimum atomic E-state index is -1.60. The van der Waals surface area contributed by atoms with Gasteiger partial charge in [0.1, 0.15) is 5.82 Å². The van der Waals surface area contributed by atoms with Crippen LogP contribution in [0, 0.1) is 5.82 Å². The molecule has 0 radical (unpaired) electrons. The van der Waals surface area contributed by atoms with Gasteiger partial charge in [0.15, 0.2) is 5.75 Å². The standard InChI is InChI=1S/C17H17ClFN3O4/c1-7-11(20)5-21(7)15-10(19)4-9-14(13(15)18)22(8-2-3-8)6-12(16(9)23)26-17(24)25/h4,6-8,11H,2-3,5,20H2,1H3,(H,24,25)/t7-,11+/m1/s1. The van der Waals surface area contributed by atoms with Crippen molar-refractivity contribution in [1.82, 2.24) is 4.57 Å². The summed E-state index contributed by atoms with van der Waals surface area (Å²) in [5.74, 6) is -1.01. The van der Waals surface area contributed by atoms with Gasteiger partial charge < -0.3 is 25.0 Å². The highest BCUT2D eigenvalue weighted by molar-refractivity contribution is 6.38. The lowest BCUT2D eigenvalue weighted by Gasteiger charge is -2.46. The molecule has 0 bridgehead atoms. The third-order valence-electron chi connectivity index (χ3n) is 5.09. The van der Waals surface area contributed by atoms with Crippen molar-refractivity contribution >= 4 is 34.3 Å². The summed E-state index contributed by atoms with van der Waals surface area (Å²) in [4.78, 5) is 25.2. The molecule has 26 heavy (non-hydrogen) atoms. The fraction of sp³-hybridized carbons (Fsp3) is 0.412. The van der Waals surface area contributed by atoms with Crippen LogP contribution < -0.4 is 20.8 Å². The second kappa shape index (κ2) is 5.85. The van der Waals surface area contributed by atoms with Crippen LogP contribution in [0.25, 0.3) is 10.9 Å². The van der Waals surface area contributed by atoms with Gasteiger partial charge in [0, 0.05) is 24.7 Å². The summed E-state index contributed by atoms with van der Waals surface area (Å²) in [5, 5.41) is 8.97. The van der Waals surface area contributed by atoms with Gasteiger partial charge >= 0.3 is 6.16 Å². The Kier molecular flexibility index (Phi) is 3.85. The summed E-state index contributed by atoms with van der Waals surface area (Å²) >= 11 is 6.54. The zero-order chi connectivity index (χ0) is 18.7. The van der Waals surface area contributed by atoms with Gasteiger partial charge in [0.05, 0.1) is 27.8 Å². The average Bonchev–Trinajstić information content (AvgIpc) is 3.41. The Bertz CT molecular complexity index is 988. The number of nitrogens with zero attached hydrogens (tertiary/aromatic N) is 2. The number of hydrogen-bond acceptors (Lipinski definition) is 5. The molecule has 0 amide bonds. The highest BCUT2D eigenvalue weighted by Gasteiger charge is 2.37.